The molecule has 0 heterocycles. The number of ketones is 1. The van der Waals surface area contributed by atoms with Crippen molar-refractivity contribution in [3.63, 3.8) is 0 Å². The van der Waals surface area contributed by atoms with Gasteiger partial charge in [-0.15, -0.1) is 0 Å². The minimum absolute atomic E-state index is 0.436. The lowest BCUT2D eigenvalue weighted by Crippen LogP contribution is -2.23. The summed E-state index contributed by atoms with van der Waals surface area (Å²) in [5, 5.41) is 0. The van der Waals surface area contributed by atoms with Crippen LogP contribution in [0, 0.1) is 29.1 Å². The molecule has 1 spiro atoms. The maximum Gasteiger partial charge on any atom is 0.139 e. The van der Waals surface area contributed by atoms with E-state index in [0.29, 0.717) is 29.0 Å². The van der Waals surface area contributed by atoms with Crippen molar-refractivity contribution >= 4 is 5.78 Å². The third kappa shape index (κ3) is 0.589. The van der Waals surface area contributed by atoms with Crippen molar-refractivity contribution in [3.05, 3.63) is 12.2 Å². The first-order chi connectivity index (χ1) is 6.32. The zero-order chi connectivity index (χ0) is 8.63. The van der Waals surface area contributed by atoms with Crippen LogP contribution in [0.5, 0.6) is 0 Å². The maximum absolute atomic E-state index is 11.9. The normalized spacial score (nSPS) is 53.4. The number of Topliss-reactive ketones (excluding diaryl/α,β-unsaturated/α-hetero) is 1. The van der Waals surface area contributed by atoms with Gasteiger partial charge in [0.1, 0.15) is 5.78 Å². The highest BCUT2D eigenvalue weighted by atomic mass is 16.1. The van der Waals surface area contributed by atoms with E-state index in [1.54, 1.807) is 0 Å². The van der Waals surface area contributed by atoms with Crippen LogP contribution in [0.25, 0.3) is 0 Å². The van der Waals surface area contributed by atoms with Crippen LogP contribution in [0.4, 0.5) is 0 Å². The van der Waals surface area contributed by atoms with Gasteiger partial charge in [-0.2, -0.15) is 0 Å². The van der Waals surface area contributed by atoms with E-state index in [1.165, 1.54) is 25.7 Å². The number of carbonyl (C=O) groups is 1. The molecule has 0 aromatic rings. The minimum atomic E-state index is 0.436. The Morgan fingerprint density at radius 1 is 1.23 bits per heavy atom. The summed E-state index contributed by atoms with van der Waals surface area (Å²) in [4.78, 5) is 11.9. The molecule has 1 nitrogen and oxygen atoms in total. The van der Waals surface area contributed by atoms with Gasteiger partial charge < -0.3 is 0 Å². The Labute approximate surface area is 78.2 Å². The molecule has 4 aliphatic carbocycles. The Bertz CT molecular complexity index is 324. The van der Waals surface area contributed by atoms with Gasteiger partial charge in [-0.05, 0) is 42.9 Å². The zero-order valence-corrected chi connectivity index (χ0v) is 7.70. The Balaban J connectivity index is 1.84. The second kappa shape index (κ2) is 1.77. The van der Waals surface area contributed by atoms with Crippen molar-refractivity contribution < 1.29 is 4.79 Å². The average Bonchev–Trinajstić information content (AvgIpc) is 2.60. The Morgan fingerprint density at radius 2 is 2.00 bits per heavy atom. The fourth-order valence-corrected chi connectivity index (χ4v) is 4.27. The van der Waals surface area contributed by atoms with E-state index in [9.17, 15) is 4.79 Å². The van der Waals surface area contributed by atoms with E-state index in [4.69, 9.17) is 0 Å². The second-order valence-electron chi connectivity index (χ2n) is 5.39. The molecule has 0 aromatic heterocycles. The predicted molar refractivity (Wildman–Crippen MR) is 49.0 cm³/mol. The maximum atomic E-state index is 11.9. The summed E-state index contributed by atoms with van der Waals surface area (Å²) in [6.07, 6.45) is 9.93. The number of fused-ring (bicyclic) bond motifs is 6. The average molecular weight is 174 g/mol. The first kappa shape index (κ1) is 6.80. The Morgan fingerprint density at radius 3 is 2.77 bits per heavy atom. The molecule has 68 valence electrons. The van der Waals surface area contributed by atoms with Gasteiger partial charge in [-0.3, -0.25) is 4.79 Å². The second-order valence-corrected chi connectivity index (χ2v) is 5.39. The van der Waals surface area contributed by atoms with Crippen molar-refractivity contribution in [2.24, 2.45) is 29.1 Å². The van der Waals surface area contributed by atoms with Crippen LogP contribution < -0.4 is 0 Å². The SMILES string of the molecule is O=C1C2CCC1C1C2C=CC12CC2. The quantitative estimate of drug-likeness (QED) is 0.514. The van der Waals surface area contributed by atoms with E-state index in [2.05, 4.69) is 12.2 Å². The molecule has 4 atom stereocenters. The number of carbonyl (C=O) groups excluding carboxylic acids is 1. The van der Waals surface area contributed by atoms with Gasteiger partial charge in [-0.1, -0.05) is 12.2 Å². The molecule has 0 radical (unpaired) electrons. The topological polar surface area (TPSA) is 17.1 Å². The van der Waals surface area contributed by atoms with E-state index in [0.717, 1.165) is 5.92 Å². The van der Waals surface area contributed by atoms with Crippen LogP contribution in [0.1, 0.15) is 25.7 Å². The monoisotopic (exact) mass is 174 g/mol. The minimum Gasteiger partial charge on any atom is -0.299 e. The summed E-state index contributed by atoms with van der Waals surface area (Å²) < 4.78 is 0. The van der Waals surface area contributed by atoms with Crippen LogP contribution >= 0.6 is 0 Å². The highest BCUT2D eigenvalue weighted by Crippen LogP contribution is 2.69. The van der Waals surface area contributed by atoms with Gasteiger partial charge in [0.2, 0.25) is 0 Å². The molecule has 2 bridgehead atoms. The standard InChI is InChI=1S/C12H14O/c13-11-8-1-2-9(11)10-7(8)3-4-12(10)5-6-12/h3-4,7-10H,1-2,5-6H2. The van der Waals surface area contributed by atoms with Crippen molar-refractivity contribution in [3.8, 4) is 0 Å². The fourth-order valence-electron chi connectivity index (χ4n) is 4.27. The van der Waals surface area contributed by atoms with Gasteiger partial charge in [0, 0.05) is 11.8 Å². The summed E-state index contributed by atoms with van der Waals surface area (Å²) in [5.41, 5.74) is 0.528. The molecule has 0 aliphatic heterocycles. The summed E-state index contributed by atoms with van der Waals surface area (Å²) in [7, 11) is 0. The van der Waals surface area contributed by atoms with Crippen molar-refractivity contribution in [1.29, 1.82) is 0 Å². The highest BCUT2D eigenvalue weighted by Gasteiger charge is 2.65. The van der Waals surface area contributed by atoms with Gasteiger partial charge in [0.25, 0.3) is 0 Å². The Hall–Kier alpha value is -0.590. The van der Waals surface area contributed by atoms with Crippen LogP contribution in [-0.2, 0) is 4.79 Å². The molecule has 3 fully saturated rings. The summed E-state index contributed by atoms with van der Waals surface area (Å²) in [6.45, 7) is 0. The lowest BCUT2D eigenvalue weighted by Gasteiger charge is -2.27. The zero-order valence-electron chi connectivity index (χ0n) is 7.70. The molecule has 0 saturated heterocycles. The van der Waals surface area contributed by atoms with Crippen LogP contribution in [0.15, 0.2) is 12.2 Å². The molecular formula is C12H14O. The number of rotatable bonds is 0. The van der Waals surface area contributed by atoms with Crippen molar-refractivity contribution in [2.45, 2.75) is 25.7 Å². The molecule has 4 aliphatic rings. The number of allylic oxidation sites excluding steroid dienone is 2. The van der Waals surface area contributed by atoms with Gasteiger partial charge in [0.15, 0.2) is 0 Å². The molecule has 0 amide bonds. The first-order valence-electron chi connectivity index (χ1n) is 5.55. The van der Waals surface area contributed by atoms with Gasteiger partial charge >= 0.3 is 0 Å². The van der Waals surface area contributed by atoms with Crippen molar-refractivity contribution in [2.75, 3.05) is 0 Å². The van der Waals surface area contributed by atoms with E-state index < -0.39 is 0 Å². The lowest BCUT2D eigenvalue weighted by atomic mass is 9.75. The fraction of sp³-hybridized carbons (Fsp3) is 0.750. The highest BCUT2D eigenvalue weighted by molar-refractivity contribution is 5.89. The van der Waals surface area contributed by atoms with Crippen LogP contribution in [0.3, 0.4) is 0 Å². The molecule has 0 N–H and O–H groups in total. The predicted octanol–water partition coefficient (Wildman–Crippen LogP) is 2.18. The summed E-state index contributed by atoms with van der Waals surface area (Å²) >= 11 is 0. The van der Waals surface area contributed by atoms with E-state index >= 15 is 0 Å². The molecular weight excluding hydrogens is 160 g/mol. The third-order valence-electron chi connectivity index (χ3n) is 4.97. The molecule has 4 unspecified atom stereocenters. The molecule has 1 heteroatoms. The van der Waals surface area contributed by atoms with E-state index in [-0.39, 0.29) is 0 Å². The molecule has 4 rings (SSSR count). The van der Waals surface area contributed by atoms with Crippen LogP contribution in [0.2, 0.25) is 0 Å². The number of hydrogen-bond acceptors (Lipinski definition) is 1. The summed E-state index contributed by atoms with van der Waals surface area (Å²) in [5.74, 6) is 2.93. The molecule has 0 aromatic carbocycles. The molecule has 13 heavy (non-hydrogen) atoms. The Kier molecular flexibility index (Phi) is 0.928. The smallest absolute Gasteiger partial charge is 0.139 e. The van der Waals surface area contributed by atoms with Crippen LogP contribution in [-0.4, -0.2) is 5.78 Å². The van der Waals surface area contributed by atoms with Gasteiger partial charge in [0.05, 0.1) is 0 Å². The third-order valence-corrected chi connectivity index (χ3v) is 4.97. The van der Waals surface area contributed by atoms with E-state index in [1.807, 2.05) is 0 Å². The molecule has 3 saturated carbocycles. The largest absolute Gasteiger partial charge is 0.299 e. The lowest BCUT2D eigenvalue weighted by molar-refractivity contribution is -0.122. The van der Waals surface area contributed by atoms with Gasteiger partial charge in [-0.25, -0.2) is 0 Å². The summed E-state index contributed by atoms with van der Waals surface area (Å²) in [6, 6.07) is 0. The van der Waals surface area contributed by atoms with Crippen molar-refractivity contribution in [1.82, 2.24) is 0 Å². The first-order valence-corrected chi connectivity index (χ1v) is 5.55. The number of hydrogen-bond donors (Lipinski definition) is 0.